The van der Waals surface area contributed by atoms with Gasteiger partial charge in [-0.15, -0.1) is 11.3 Å². The van der Waals surface area contributed by atoms with E-state index in [9.17, 15) is 4.79 Å². The SMILES string of the molecule is CCc1cccc(Cc2cnc(NC(=O)C(N)C3CCOCC3)s2)c1. The van der Waals surface area contributed by atoms with Gasteiger partial charge in [0.1, 0.15) is 0 Å². The van der Waals surface area contributed by atoms with Crippen molar-refractivity contribution in [3.05, 3.63) is 46.5 Å². The van der Waals surface area contributed by atoms with Crippen LogP contribution in [0.4, 0.5) is 5.13 Å². The van der Waals surface area contributed by atoms with Gasteiger partial charge in [0.05, 0.1) is 6.04 Å². The second kappa shape index (κ2) is 8.56. The lowest BCUT2D eigenvalue weighted by molar-refractivity contribution is -0.119. The average molecular weight is 359 g/mol. The zero-order valence-corrected chi connectivity index (χ0v) is 15.3. The first-order chi connectivity index (χ1) is 12.2. The fourth-order valence-electron chi connectivity index (χ4n) is 3.09. The van der Waals surface area contributed by atoms with Crippen LogP contribution in [-0.4, -0.2) is 30.1 Å². The van der Waals surface area contributed by atoms with Gasteiger partial charge in [0, 0.05) is 30.7 Å². The van der Waals surface area contributed by atoms with E-state index in [2.05, 4.69) is 41.5 Å². The van der Waals surface area contributed by atoms with E-state index >= 15 is 0 Å². The Hall–Kier alpha value is -1.76. The van der Waals surface area contributed by atoms with Crippen LogP contribution >= 0.6 is 11.3 Å². The number of carbonyl (C=O) groups is 1. The number of benzene rings is 1. The lowest BCUT2D eigenvalue weighted by Gasteiger charge is -2.26. The van der Waals surface area contributed by atoms with Crippen LogP contribution in [-0.2, 0) is 22.4 Å². The highest BCUT2D eigenvalue weighted by atomic mass is 32.1. The number of nitrogens with one attached hydrogen (secondary N) is 1. The van der Waals surface area contributed by atoms with E-state index in [1.165, 1.54) is 22.5 Å². The fourth-order valence-corrected chi connectivity index (χ4v) is 3.94. The lowest BCUT2D eigenvalue weighted by Crippen LogP contribution is -2.43. The van der Waals surface area contributed by atoms with Crippen LogP contribution in [0.3, 0.4) is 0 Å². The molecule has 6 heteroatoms. The van der Waals surface area contributed by atoms with Gasteiger partial charge in [-0.25, -0.2) is 4.98 Å². The van der Waals surface area contributed by atoms with E-state index in [1.807, 2.05) is 6.20 Å². The summed E-state index contributed by atoms with van der Waals surface area (Å²) in [5.74, 6) is 0.0331. The van der Waals surface area contributed by atoms with Crippen LogP contribution in [0.15, 0.2) is 30.5 Å². The maximum absolute atomic E-state index is 12.4. The maximum Gasteiger partial charge on any atom is 0.243 e. The minimum Gasteiger partial charge on any atom is -0.381 e. The molecule has 1 aromatic heterocycles. The van der Waals surface area contributed by atoms with Crippen LogP contribution < -0.4 is 11.1 Å². The van der Waals surface area contributed by atoms with Crippen molar-refractivity contribution >= 4 is 22.4 Å². The summed E-state index contributed by atoms with van der Waals surface area (Å²) in [6.45, 7) is 3.52. The first-order valence-corrected chi connectivity index (χ1v) is 9.64. The summed E-state index contributed by atoms with van der Waals surface area (Å²) in [6.07, 6.45) is 5.37. The predicted octanol–water partition coefficient (Wildman–Crippen LogP) is 2.99. The lowest BCUT2D eigenvalue weighted by atomic mass is 9.92. The Morgan fingerprint density at radius 1 is 1.40 bits per heavy atom. The van der Waals surface area contributed by atoms with Crippen molar-refractivity contribution < 1.29 is 9.53 Å². The number of nitrogens with two attached hydrogens (primary N) is 1. The third-order valence-electron chi connectivity index (χ3n) is 4.64. The zero-order chi connectivity index (χ0) is 17.6. The zero-order valence-electron chi connectivity index (χ0n) is 14.5. The van der Waals surface area contributed by atoms with Crippen molar-refractivity contribution in [1.82, 2.24) is 4.98 Å². The molecule has 1 aliphatic rings. The molecule has 0 spiro atoms. The highest BCUT2D eigenvalue weighted by Crippen LogP contribution is 2.23. The smallest absolute Gasteiger partial charge is 0.243 e. The van der Waals surface area contributed by atoms with Gasteiger partial charge < -0.3 is 15.8 Å². The fraction of sp³-hybridized carbons (Fsp3) is 0.474. The number of ether oxygens (including phenoxy) is 1. The molecule has 1 amide bonds. The first-order valence-electron chi connectivity index (χ1n) is 8.82. The highest BCUT2D eigenvalue weighted by molar-refractivity contribution is 7.15. The Balaban J connectivity index is 1.58. The molecule has 25 heavy (non-hydrogen) atoms. The summed E-state index contributed by atoms with van der Waals surface area (Å²) in [7, 11) is 0. The van der Waals surface area contributed by atoms with E-state index in [0.717, 1.165) is 30.6 Å². The van der Waals surface area contributed by atoms with Crippen LogP contribution in [0, 0.1) is 5.92 Å². The van der Waals surface area contributed by atoms with Gasteiger partial charge in [0.15, 0.2) is 5.13 Å². The van der Waals surface area contributed by atoms with E-state index in [-0.39, 0.29) is 11.8 Å². The Labute approximate surface area is 152 Å². The largest absolute Gasteiger partial charge is 0.381 e. The Kier molecular flexibility index (Phi) is 6.18. The monoisotopic (exact) mass is 359 g/mol. The van der Waals surface area contributed by atoms with E-state index in [1.54, 1.807) is 0 Å². The number of amides is 1. The molecule has 3 N–H and O–H groups in total. The summed E-state index contributed by atoms with van der Waals surface area (Å²) in [5.41, 5.74) is 8.71. The standard InChI is InChI=1S/C19H25N3O2S/c1-2-13-4-3-5-14(10-13)11-16-12-21-19(25-16)22-18(23)17(20)15-6-8-24-9-7-15/h3-5,10,12,15,17H,2,6-9,11,20H2,1H3,(H,21,22,23). The normalized spacial score (nSPS) is 16.6. The number of nitrogens with zero attached hydrogens (tertiary/aromatic N) is 1. The molecule has 1 saturated heterocycles. The van der Waals surface area contributed by atoms with Crippen molar-refractivity contribution in [3.8, 4) is 0 Å². The van der Waals surface area contributed by atoms with Crippen LogP contribution in [0.25, 0.3) is 0 Å². The second-order valence-electron chi connectivity index (χ2n) is 6.45. The number of hydrogen-bond acceptors (Lipinski definition) is 5. The number of carbonyl (C=O) groups excluding carboxylic acids is 1. The third-order valence-corrected chi connectivity index (χ3v) is 5.55. The summed E-state index contributed by atoms with van der Waals surface area (Å²) >= 11 is 1.51. The number of rotatable bonds is 6. The molecule has 3 rings (SSSR count). The van der Waals surface area contributed by atoms with Gasteiger partial charge in [-0.05, 0) is 36.3 Å². The molecule has 1 aliphatic heterocycles. The highest BCUT2D eigenvalue weighted by Gasteiger charge is 2.27. The van der Waals surface area contributed by atoms with E-state index in [4.69, 9.17) is 10.5 Å². The van der Waals surface area contributed by atoms with Gasteiger partial charge in [0.2, 0.25) is 5.91 Å². The molecule has 1 atom stereocenters. The maximum atomic E-state index is 12.4. The molecule has 1 fully saturated rings. The van der Waals surface area contributed by atoms with Gasteiger partial charge in [-0.1, -0.05) is 31.2 Å². The number of aryl methyl sites for hydroxylation is 1. The number of aromatic nitrogens is 1. The molecular formula is C19H25N3O2S. The van der Waals surface area contributed by atoms with E-state index < -0.39 is 6.04 Å². The number of anilines is 1. The van der Waals surface area contributed by atoms with Crippen molar-refractivity contribution in [2.24, 2.45) is 11.7 Å². The molecule has 5 nitrogen and oxygen atoms in total. The summed E-state index contributed by atoms with van der Waals surface area (Å²) in [6, 6.07) is 8.07. The average Bonchev–Trinajstić information content (AvgIpc) is 3.08. The van der Waals surface area contributed by atoms with Crippen molar-refractivity contribution in [2.45, 2.75) is 38.6 Å². The molecule has 1 unspecified atom stereocenters. The molecule has 0 radical (unpaired) electrons. The number of hydrogen-bond donors (Lipinski definition) is 2. The molecule has 0 saturated carbocycles. The quantitative estimate of drug-likeness (QED) is 0.831. The Bertz CT molecular complexity index is 710. The minimum absolute atomic E-state index is 0.152. The summed E-state index contributed by atoms with van der Waals surface area (Å²) < 4.78 is 5.33. The van der Waals surface area contributed by atoms with Gasteiger partial charge in [0.25, 0.3) is 0 Å². The summed E-state index contributed by atoms with van der Waals surface area (Å²) in [4.78, 5) is 17.8. The summed E-state index contributed by atoms with van der Waals surface area (Å²) in [5, 5.41) is 3.49. The first kappa shape index (κ1) is 18.0. The Morgan fingerprint density at radius 2 is 2.16 bits per heavy atom. The van der Waals surface area contributed by atoms with Crippen molar-refractivity contribution in [2.75, 3.05) is 18.5 Å². The van der Waals surface area contributed by atoms with E-state index in [0.29, 0.717) is 18.3 Å². The second-order valence-corrected chi connectivity index (χ2v) is 7.56. The molecular weight excluding hydrogens is 334 g/mol. The molecule has 2 aromatic rings. The number of thiazole rings is 1. The van der Waals surface area contributed by atoms with Crippen molar-refractivity contribution in [3.63, 3.8) is 0 Å². The topological polar surface area (TPSA) is 77.2 Å². The molecule has 134 valence electrons. The molecule has 0 aliphatic carbocycles. The van der Waals surface area contributed by atoms with Crippen LogP contribution in [0.5, 0.6) is 0 Å². The minimum atomic E-state index is -0.502. The van der Waals surface area contributed by atoms with Gasteiger partial charge >= 0.3 is 0 Å². The molecule has 1 aromatic carbocycles. The van der Waals surface area contributed by atoms with Crippen LogP contribution in [0.1, 0.15) is 35.8 Å². The van der Waals surface area contributed by atoms with Gasteiger partial charge in [-0.3, -0.25) is 4.79 Å². The van der Waals surface area contributed by atoms with Crippen LogP contribution in [0.2, 0.25) is 0 Å². The van der Waals surface area contributed by atoms with Gasteiger partial charge in [-0.2, -0.15) is 0 Å². The van der Waals surface area contributed by atoms with Crippen molar-refractivity contribution in [1.29, 1.82) is 0 Å². The molecule has 0 bridgehead atoms. The predicted molar refractivity (Wildman–Crippen MR) is 101 cm³/mol. The third kappa shape index (κ3) is 4.87. The Morgan fingerprint density at radius 3 is 2.92 bits per heavy atom. The molecule has 2 heterocycles.